The predicted molar refractivity (Wildman–Crippen MR) is 74.6 cm³/mol. The fourth-order valence-corrected chi connectivity index (χ4v) is 1.97. The third-order valence-corrected chi connectivity index (χ3v) is 3.22. The van der Waals surface area contributed by atoms with Gasteiger partial charge in [-0.1, -0.05) is 11.6 Å². The van der Waals surface area contributed by atoms with Gasteiger partial charge in [0.15, 0.2) is 12.2 Å². The smallest absolute Gasteiger partial charge is 0.336 e. The first kappa shape index (κ1) is 14.8. The van der Waals surface area contributed by atoms with Crippen molar-refractivity contribution in [3.8, 4) is 0 Å². The predicted octanol–water partition coefficient (Wildman–Crippen LogP) is 2.39. The van der Waals surface area contributed by atoms with Crippen LogP contribution in [0.2, 0.25) is 5.02 Å². The summed E-state index contributed by atoms with van der Waals surface area (Å²) in [4.78, 5) is 23.6. The molecule has 1 fully saturated rings. The van der Waals surface area contributed by atoms with Crippen LogP contribution in [0.3, 0.4) is 0 Å². The number of anilines is 1. The maximum atomic E-state index is 11.9. The number of carbonyl (C=O) groups excluding carboxylic acids is 2. The van der Waals surface area contributed by atoms with E-state index in [1.165, 1.54) is 6.92 Å². The molecule has 5 nitrogen and oxygen atoms in total. The van der Waals surface area contributed by atoms with Gasteiger partial charge in [-0.3, -0.25) is 4.79 Å². The molecule has 1 aromatic carbocycles. The fourth-order valence-electron chi connectivity index (χ4n) is 1.84. The molecule has 2 rings (SSSR count). The summed E-state index contributed by atoms with van der Waals surface area (Å²) in [5.41, 5.74) is 0.597. The molecule has 1 aromatic rings. The SMILES string of the molecule is C[C@@H](OC(=O)[C@@H]1CCCO1)C(=O)Nc1ccc(Cl)cc1. The van der Waals surface area contributed by atoms with E-state index in [-0.39, 0.29) is 0 Å². The zero-order valence-corrected chi connectivity index (χ0v) is 11.9. The fraction of sp³-hybridized carbons (Fsp3) is 0.429. The molecule has 0 unspecified atom stereocenters. The monoisotopic (exact) mass is 297 g/mol. The Labute approximate surface area is 122 Å². The van der Waals surface area contributed by atoms with Crippen LogP contribution in [0.5, 0.6) is 0 Å². The Morgan fingerprint density at radius 2 is 2.10 bits per heavy atom. The molecule has 0 spiro atoms. The van der Waals surface area contributed by atoms with Crippen LogP contribution in [0.25, 0.3) is 0 Å². The number of esters is 1. The van der Waals surface area contributed by atoms with E-state index in [2.05, 4.69) is 5.32 Å². The first-order valence-corrected chi connectivity index (χ1v) is 6.82. The molecule has 1 aliphatic rings. The number of hydrogen-bond donors (Lipinski definition) is 1. The molecule has 1 N–H and O–H groups in total. The Bertz CT molecular complexity index is 482. The number of amides is 1. The molecule has 0 bridgehead atoms. The zero-order valence-electron chi connectivity index (χ0n) is 11.1. The first-order chi connectivity index (χ1) is 9.56. The van der Waals surface area contributed by atoms with Crippen molar-refractivity contribution < 1.29 is 19.1 Å². The Kier molecular flexibility index (Phi) is 4.98. The molecule has 6 heteroatoms. The van der Waals surface area contributed by atoms with E-state index >= 15 is 0 Å². The van der Waals surface area contributed by atoms with Crippen molar-refractivity contribution in [3.63, 3.8) is 0 Å². The Morgan fingerprint density at radius 1 is 1.40 bits per heavy atom. The first-order valence-electron chi connectivity index (χ1n) is 6.45. The molecule has 0 aliphatic carbocycles. The molecule has 2 atom stereocenters. The number of nitrogens with one attached hydrogen (secondary N) is 1. The summed E-state index contributed by atoms with van der Waals surface area (Å²) < 4.78 is 10.3. The van der Waals surface area contributed by atoms with E-state index in [0.717, 1.165) is 6.42 Å². The van der Waals surface area contributed by atoms with Gasteiger partial charge in [0.25, 0.3) is 5.91 Å². The Hall–Kier alpha value is -1.59. The average molecular weight is 298 g/mol. The zero-order chi connectivity index (χ0) is 14.5. The Morgan fingerprint density at radius 3 is 2.70 bits per heavy atom. The van der Waals surface area contributed by atoms with Crippen molar-refractivity contribution in [1.29, 1.82) is 0 Å². The number of rotatable bonds is 4. The van der Waals surface area contributed by atoms with Crippen LogP contribution in [-0.4, -0.2) is 30.7 Å². The van der Waals surface area contributed by atoms with Gasteiger partial charge in [0, 0.05) is 17.3 Å². The van der Waals surface area contributed by atoms with Gasteiger partial charge >= 0.3 is 5.97 Å². The minimum absolute atomic E-state index is 0.390. The summed E-state index contributed by atoms with van der Waals surface area (Å²) in [7, 11) is 0. The number of hydrogen-bond acceptors (Lipinski definition) is 4. The summed E-state index contributed by atoms with van der Waals surface area (Å²) in [5, 5.41) is 3.23. The molecule has 1 aliphatic heterocycles. The number of halogens is 1. The van der Waals surface area contributed by atoms with E-state index in [9.17, 15) is 9.59 Å². The number of ether oxygens (including phenoxy) is 2. The van der Waals surface area contributed by atoms with Crippen LogP contribution in [0.15, 0.2) is 24.3 Å². The summed E-state index contributed by atoms with van der Waals surface area (Å²) in [6.45, 7) is 2.09. The van der Waals surface area contributed by atoms with Crippen molar-refractivity contribution in [2.75, 3.05) is 11.9 Å². The summed E-state index contributed by atoms with van der Waals surface area (Å²) >= 11 is 5.76. The van der Waals surface area contributed by atoms with Crippen molar-refractivity contribution in [3.05, 3.63) is 29.3 Å². The lowest BCUT2D eigenvalue weighted by molar-refractivity contribution is -0.162. The minimum Gasteiger partial charge on any atom is -0.451 e. The molecule has 20 heavy (non-hydrogen) atoms. The second-order valence-corrected chi connectivity index (χ2v) is 5.01. The molecule has 1 saturated heterocycles. The van der Waals surface area contributed by atoms with Crippen LogP contribution in [-0.2, 0) is 19.1 Å². The van der Waals surface area contributed by atoms with Crippen molar-refractivity contribution in [1.82, 2.24) is 0 Å². The van der Waals surface area contributed by atoms with Crippen LogP contribution in [0.1, 0.15) is 19.8 Å². The highest BCUT2D eigenvalue weighted by molar-refractivity contribution is 6.30. The summed E-state index contributed by atoms with van der Waals surface area (Å²) in [6.07, 6.45) is 0.0679. The van der Waals surface area contributed by atoms with Crippen molar-refractivity contribution in [2.45, 2.75) is 32.0 Å². The van der Waals surface area contributed by atoms with Gasteiger partial charge < -0.3 is 14.8 Å². The molecule has 1 amide bonds. The van der Waals surface area contributed by atoms with Gasteiger partial charge in [0.2, 0.25) is 0 Å². The van der Waals surface area contributed by atoms with Crippen LogP contribution < -0.4 is 5.32 Å². The summed E-state index contributed by atoms with van der Waals surface area (Å²) in [5.74, 6) is -0.875. The van der Waals surface area contributed by atoms with Gasteiger partial charge in [-0.15, -0.1) is 0 Å². The van der Waals surface area contributed by atoms with Crippen LogP contribution >= 0.6 is 11.6 Å². The van der Waals surface area contributed by atoms with Crippen molar-refractivity contribution >= 4 is 29.2 Å². The summed E-state index contributed by atoms with van der Waals surface area (Å²) in [6, 6.07) is 6.68. The molecular formula is C14H16ClNO4. The maximum absolute atomic E-state index is 11.9. The highest BCUT2D eigenvalue weighted by atomic mass is 35.5. The minimum atomic E-state index is -0.873. The highest BCUT2D eigenvalue weighted by Gasteiger charge is 2.28. The molecule has 0 saturated carbocycles. The third kappa shape index (κ3) is 3.95. The molecule has 108 valence electrons. The van der Waals surface area contributed by atoms with Gasteiger partial charge in [0.05, 0.1) is 0 Å². The number of benzene rings is 1. The molecule has 0 radical (unpaired) electrons. The van der Waals surface area contributed by atoms with Crippen molar-refractivity contribution in [2.24, 2.45) is 0 Å². The van der Waals surface area contributed by atoms with Gasteiger partial charge in [-0.25, -0.2) is 4.79 Å². The average Bonchev–Trinajstić information content (AvgIpc) is 2.95. The van der Waals surface area contributed by atoms with Crippen LogP contribution in [0.4, 0.5) is 5.69 Å². The van der Waals surface area contributed by atoms with Crippen LogP contribution in [0, 0.1) is 0 Å². The topological polar surface area (TPSA) is 64.6 Å². The lowest BCUT2D eigenvalue weighted by Crippen LogP contribution is -2.33. The lowest BCUT2D eigenvalue weighted by Gasteiger charge is -2.15. The van der Waals surface area contributed by atoms with E-state index in [1.54, 1.807) is 24.3 Å². The Balaban J connectivity index is 1.85. The van der Waals surface area contributed by atoms with Gasteiger partial charge in [-0.05, 0) is 44.0 Å². The van der Waals surface area contributed by atoms with E-state index in [1.807, 2.05) is 0 Å². The van der Waals surface area contributed by atoms with E-state index in [0.29, 0.717) is 23.7 Å². The largest absolute Gasteiger partial charge is 0.451 e. The second-order valence-electron chi connectivity index (χ2n) is 4.58. The lowest BCUT2D eigenvalue weighted by atomic mass is 10.2. The maximum Gasteiger partial charge on any atom is 0.336 e. The number of carbonyl (C=O) groups is 2. The molecule has 1 heterocycles. The van der Waals surface area contributed by atoms with E-state index < -0.39 is 24.1 Å². The third-order valence-electron chi connectivity index (χ3n) is 2.97. The molecular weight excluding hydrogens is 282 g/mol. The molecule has 0 aromatic heterocycles. The highest BCUT2D eigenvalue weighted by Crippen LogP contribution is 2.16. The van der Waals surface area contributed by atoms with Gasteiger partial charge in [0.1, 0.15) is 0 Å². The standard InChI is InChI=1S/C14H16ClNO4/c1-9(20-14(18)12-3-2-8-19-12)13(17)16-11-6-4-10(15)5-7-11/h4-7,9,12H,2-3,8H2,1H3,(H,16,17)/t9-,12+/m1/s1. The normalized spacial score (nSPS) is 19.4. The second kappa shape index (κ2) is 6.72. The quantitative estimate of drug-likeness (QED) is 0.867. The van der Waals surface area contributed by atoms with Gasteiger partial charge in [-0.2, -0.15) is 0 Å². The van der Waals surface area contributed by atoms with E-state index in [4.69, 9.17) is 21.1 Å².